The molecule has 0 radical (unpaired) electrons. The summed E-state index contributed by atoms with van der Waals surface area (Å²) in [6.45, 7) is 0. The number of nitrogens with one attached hydrogen (secondary N) is 2. The minimum atomic E-state index is -4.03. The molecule has 150 valence electrons. The number of benzene rings is 3. The lowest BCUT2D eigenvalue weighted by Gasteiger charge is -2.15. The summed E-state index contributed by atoms with van der Waals surface area (Å²) in [7, 11) is -4.03. The number of halogens is 4. The maximum atomic E-state index is 12.8. The van der Waals surface area contributed by atoms with E-state index >= 15 is 0 Å². The van der Waals surface area contributed by atoms with E-state index in [9.17, 15) is 13.2 Å². The second-order valence-corrected chi connectivity index (χ2v) is 9.23. The van der Waals surface area contributed by atoms with Gasteiger partial charge in [-0.1, -0.05) is 46.4 Å². The number of carbonyl (C=O) groups is 1. The average Bonchev–Trinajstić information content (AvgIpc) is 2.66. The number of sulfonamides is 1. The molecule has 3 aromatic rings. The molecule has 29 heavy (non-hydrogen) atoms. The van der Waals surface area contributed by atoms with Crippen LogP contribution in [0.15, 0.2) is 65.6 Å². The first kappa shape index (κ1) is 21.7. The number of carbonyl (C=O) groups excluding carboxylic acids is 1. The molecule has 0 saturated carbocycles. The van der Waals surface area contributed by atoms with Crippen molar-refractivity contribution in [2.24, 2.45) is 0 Å². The van der Waals surface area contributed by atoms with E-state index in [4.69, 9.17) is 46.4 Å². The molecule has 2 N–H and O–H groups in total. The van der Waals surface area contributed by atoms with Gasteiger partial charge in [0.2, 0.25) is 0 Å². The molecule has 0 heterocycles. The highest BCUT2D eigenvalue weighted by Crippen LogP contribution is 2.33. The molecular formula is C19H12Cl4N2O3S. The summed E-state index contributed by atoms with van der Waals surface area (Å²) < 4.78 is 27.8. The van der Waals surface area contributed by atoms with Crippen LogP contribution in [-0.4, -0.2) is 14.3 Å². The molecule has 5 nitrogen and oxygen atoms in total. The van der Waals surface area contributed by atoms with Crippen molar-refractivity contribution in [3.05, 3.63) is 86.3 Å². The summed E-state index contributed by atoms with van der Waals surface area (Å²) in [6.07, 6.45) is 0. The highest BCUT2D eigenvalue weighted by Gasteiger charge is 2.22. The molecule has 3 aromatic carbocycles. The van der Waals surface area contributed by atoms with E-state index in [2.05, 4.69) is 10.0 Å². The van der Waals surface area contributed by atoms with Crippen molar-refractivity contribution in [2.45, 2.75) is 4.90 Å². The van der Waals surface area contributed by atoms with Crippen LogP contribution >= 0.6 is 46.4 Å². The molecule has 0 unspecified atom stereocenters. The van der Waals surface area contributed by atoms with Crippen LogP contribution in [0.3, 0.4) is 0 Å². The van der Waals surface area contributed by atoms with Gasteiger partial charge >= 0.3 is 0 Å². The van der Waals surface area contributed by atoms with Gasteiger partial charge in [0, 0.05) is 20.8 Å². The Bertz CT molecular complexity index is 1170. The topological polar surface area (TPSA) is 75.3 Å². The van der Waals surface area contributed by atoms with Crippen molar-refractivity contribution in [3.63, 3.8) is 0 Å². The lowest BCUT2D eigenvalue weighted by atomic mass is 10.1. The lowest BCUT2D eigenvalue weighted by Crippen LogP contribution is -2.19. The van der Waals surface area contributed by atoms with Gasteiger partial charge in [0.15, 0.2) is 0 Å². The van der Waals surface area contributed by atoms with Crippen molar-refractivity contribution < 1.29 is 13.2 Å². The third-order valence-electron chi connectivity index (χ3n) is 3.76. The van der Waals surface area contributed by atoms with Crippen LogP contribution < -0.4 is 10.0 Å². The van der Waals surface area contributed by atoms with Crippen LogP contribution in [-0.2, 0) is 10.0 Å². The number of hydrogen-bond acceptors (Lipinski definition) is 3. The van der Waals surface area contributed by atoms with Gasteiger partial charge < -0.3 is 5.32 Å². The van der Waals surface area contributed by atoms with Crippen LogP contribution in [0.2, 0.25) is 20.1 Å². The van der Waals surface area contributed by atoms with Crippen molar-refractivity contribution in [1.29, 1.82) is 0 Å². The SMILES string of the molecule is O=C(Nc1ccc(Cl)cc1)c1cc(Cl)cc(Cl)c1NS(=O)(=O)c1ccc(Cl)cc1. The minimum Gasteiger partial charge on any atom is -0.322 e. The molecule has 0 atom stereocenters. The van der Waals surface area contributed by atoms with Gasteiger partial charge in [-0.2, -0.15) is 0 Å². The highest BCUT2D eigenvalue weighted by atomic mass is 35.5. The van der Waals surface area contributed by atoms with Crippen molar-refractivity contribution in [1.82, 2.24) is 0 Å². The Labute approximate surface area is 187 Å². The van der Waals surface area contributed by atoms with Gasteiger partial charge in [0.25, 0.3) is 15.9 Å². The van der Waals surface area contributed by atoms with E-state index in [1.165, 1.54) is 36.4 Å². The third kappa shape index (κ3) is 5.35. The zero-order chi connectivity index (χ0) is 21.2. The fraction of sp³-hybridized carbons (Fsp3) is 0. The Balaban J connectivity index is 1.97. The first-order valence-electron chi connectivity index (χ1n) is 8.00. The normalized spacial score (nSPS) is 11.2. The molecular weight excluding hydrogens is 478 g/mol. The maximum Gasteiger partial charge on any atom is 0.261 e. The van der Waals surface area contributed by atoms with Crippen LogP contribution in [0.25, 0.3) is 0 Å². The van der Waals surface area contributed by atoms with Gasteiger partial charge in [0.1, 0.15) is 0 Å². The van der Waals surface area contributed by atoms with Crippen molar-refractivity contribution >= 4 is 73.7 Å². The predicted molar refractivity (Wildman–Crippen MR) is 118 cm³/mol. The monoisotopic (exact) mass is 488 g/mol. The molecule has 10 heteroatoms. The fourth-order valence-electron chi connectivity index (χ4n) is 2.40. The molecule has 0 saturated heterocycles. The van der Waals surface area contributed by atoms with Crippen LogP contribution in [0.4, 0.5) is 11.4 Å². The average molecular weight is 490 g/mol. The number of rotatable bonds is 5. The van der Waals surface area contributed by atoms with Crippen molar-refractivity contribution in [2.75, 3.05) is 10.0 Å². The molecule has 0 fully saturated rings. The van der Waals surface area contributed by atoms with Gasteiger partial charge in [-0.15, -0.1) is 0 Å². The van der Waals surface area contributed by atoms with Crippen LogP contribution in [0.5, 0.6) is 0 Å². The number of hydrogen-bond donors (Lipinski definition) is 2. The standard InChI is InChI=1S/C19H12Cl4N2O3S/c20-11-1-5-14(6-2-11)24-19(26)16-9-13(22)10-17(23)18(16)25-29(27,28)15-7-3-12(21)4-8-15/h1-10,25H,(H,24,26). The van der Waals surface area contributed by atoms with Crippen LogP contribution in [0.1, 0.15) is 10.4 Å². The maximum absolute atomic E-state index is 12.8. The molecule has 1 amide bonds. The summed E-state index contributed by atoms with van der Waals surface area (Å²) in [5.74, 6) is -0.606. The summed E-state index contributed by atoms with van der Waals surface area (Å²) in [5.41, 5.74) is 0.314. The molecule has 0 aliphatic rings. The first-order valence-corrected chi connectivity index (χ1v) is 11.0. The molecule has 0 aliphatic heterocycles. The largest absolute Gasteiger partial charge is 0.322 e. The van der Waals surface area contributed by atoms with E-state index in [1.807, 2.05) is 0 Å². The Hall–Kier alpha value is -1.96. The summed E-state index contributed by atoms with van der Waals surface area (Å²) in [6, 6.07) is 14.6. The summed E-state index contributed by atoms with van der Waals surface area (Å²) in [4.78, 5) is 12.7. The summed E-state index contributed by atoms with van der Waals surface area (Å²) in [5, 5.41) is 3.68. The number of amides is 1. The second-order valence-electron chi connectivity index (χ2n) is 5.83. The number of anilines is 2. The van der Waals surface area contributed by atoms with E-state index in [-0.39, 0.29) is 26.2 Å². The highest BCUT2D eigenvalue weighted by molar-refractivity contribution is 7.92. The lowest BCUT2D eigenvalue weighted by molar-refractivity contribution is 0.102. The van der Waals surface area contributed by atoms with Gasteiger partial charge in [-0.25, -0.2) is 8.42 Å². The van der Waals surface area contributed by atoms with E-state index in [1.54, 1.807) is 24.3 Å². The Morgan fingerprint density at radius 2 is 1.31 bits per heavy atom. The molecule has 0 spiro atoms. The van der Waals surface area contributed by atoms with E-state index in [0.717, 1.165) is 0 Å². The van der Waals surface area contributed by atoms with Gasteiger partial charge in [-0.3, -0.25) is 9.52 Å². The zero-order valence-electron chi connectivity index (χ0n) is 14.4. The Morgan fingerprint density at radius 1 is 0.759 bits per heavy atom. The molecule has 0 aromatic heterocycles. The van der Waals surface area contributed by atoms with Gasteiger partial charge in [0.05, 0.1) is 21.2 Å². The van der Waals surface area contributed by atoms with E-state index < -0.39 is 15.9 Å². The summed E-state index contributed by atoms with van der Waals surface area (Å²) >= 11 is 23.9. The van der Waals surface area contributed by atoms with Crippen molar-refractivity contribution in [3.8, 4) is 0 Å². The predicted octanol–water partition coefficient (Wildman–Crippen LogP) is 6.35. The zero-order valence-corrected chi connectivity index (χ0v) is 18.3. The molecule has 3 rings (SSSR count). The quantitative estimate of drug-likeness (QED) is 0.438. The molecule has 0 aliphatic carbocycles. The molecule has 0 bridgehead atoms. The van der Waals surface area contributed by atoms with E-state index in [0.29, 0.717) is 15.7 Å². The second kappa shape index (κ2) is 8.81. The Morgan fingerprint density at radius 3 is 1.90 bits per heavy atom. The third-order valence-corrected chi connectivity index (χ3v) is 6.15. The first-order chi connectivity index (χ1) is 13.7. The smallest absolute Gasteiger partial charge is 0.261 e. The minimum absolute atomic E-state index is 0.0312. The van der Waals surface area contributed by atoms with Crippen LogP contribution in [0, 0.1) is 0 Å². The fourth-order valence-corrected chi connectivity index (χ4v) is 4.34. The van der Waals surface area contributed by atoms with Gasteiger partial charge in [-0.05, 0) is 60.7 Å². The Kier molecular flexibility index (Phi) is 6.61.